The minimum Gasteiger partial charge on any atom is -0.497 e. The number of nitrogens with zero attached hydrogens (tertiary/aromatic N) is 1. The smallest absolute Gasteiger partial charge is 0.146 e. The summed E-state index contributed by atoms with van der Waals surface area (Å²) in [7, 11) is 1.63. The summed E-state index contributed by atoms with van der Waals surface area (Å²) in [5, 5.41) is 0. The van der Waals surface area contributed by atoms with Crippen molar-refractivity contribution < 1.29 is 9.53 Å². The number of likely N-dealkylation sites (tertiary alicyclic amines) is 1. The molecule has 0 saturated carbocycles. The van der Waals surface area contributed by atoms with E-state index in [0.717, 1.165) is 42.9 Å². The zero-order valence-electron chi connectivity index (χ0n) is 11.0. The molecule has 0 aromatic heterocycles. The molecule has 0 amide bonds. The first kappa shape index (κ1) is 12.9. The first-order chi connectivity index (χ1) is 8.61. The van der Waals surface area contributed by atoms with E-state index < -0.39 is 0 Å². The Morgan fingerprint density at radius 1 is 1.56 bits per heavy atom. The third-order valence-electron chi connectivity index (χ3n) is 3.56. The molecule has 1 aromatic carbocycles. The number of ketones is 1. The molecule has 1 fully saturated rings. The van der Waals surface area contributed by atoms with E-state index >= 15 is 0 Å². The number of Topliss-reactive ketones (excluding diaryl/α,β-unsaturated/α-hetero) is 1. The van der Waals surface area contributed by atoms with Crippen LogP contribution in [0.1, 0.15) is 25.3 Å². The van der Waals surface area contributed by atoms with Crippen LogP contribution in [0.25, 0.3) is 0 Å². The zero-order chi connectivity index (χ0) is 13.1. The Hall–Kier alpha value is -1.55. The highest BCUT2D eigenvalue weighted by atomic mass is 16.5. The number of rotatable bonds is 4. The van der Waals surface area contributed by atoms with Crippen LogP contribution in [-0.4, -0.2) is 30.4 Å². The molecule has 1 unspecified atom stereocenters. The standard InChI is InChI=1S/C14H20N2O2/c1-10(17)14-4-3-7-16(14)9-11-5-6-12(18-2)8-13(11)15/h5-6,8,14H,3-4,7,9,15H2,1-2H3. The molecule has 4 heteroatoms. The van der Waals surface area contributed by atoms with Crippen LogP contribution in [-0.2, 0) is 11.3 Å². The quantitative estimate of drug-likeness (QED) is 0.826. The van der Waals surface area contributed by atoms with Crippen LogP contribution in [0.2, 0.25) is 0 Å². The van der Waals surface area contributed by atoms with Gasteiger partial charge in [-0.2, -0.15) is 0 Å². The topological polar surface area (TPSA) is 55.6 Å². The predicted molar refractivity (Wildman–Crippen MR) is 71.5 cm³/mol. The Morgan fingerprint density at radius 3 is 2.94 bits per heavy atom. The van der Waals surface area contributed by atoms with E-state index in [0.29, 0.717) is 0 Å². The Kier molecular flexibility index (Phi) is 3.87. The van der Waals surface area contributed by atoms with Crippen molar-refractivity contribution in [2.24, 2.45) is 0 Å². The van der Waals surface area contributed by atoms with Crippen molar-refractivity contribution in [1.82, 2.24) is 4.90 Å². The molecular formula is C14H20N2O2. The number of carbonyl (C=O) groups excluding carboxylic acids is 1. The molecule has 1 aliphatic rings. The number of hydrogen-bond acceptors (Lipinski definition) is 4. The number of anilines is 1. The maximum Gasteiger partial charge on any atom is 0.146 e. The summed E-state index contributed by atoms with van der Waals surface area (Å²) in [4.78, 5) is 13.7. The lowest BCUT2D eigenvalue weighted by Crippen LogP contribution is -2.34. The van der Waals surface area contributed by atoms with E-state index in [1.807, 2.05) is 18.2 Å². The highest BCUT2D eigenvalue weighted by Gasteiger charge is 2.28. The Bertz CT molecular complexity index is 445. The first-order valence-corrected chi connectivity index (χ1v) is 6.28. The second-order valence-electron chi connectivity index (χ2n) is 4.80. The molecular weight excluding hydrogens is 228 g/mol. The average Bonchev–Trinajstić information content (AvgIpc) is 2.80. The minimum atomic E-state index is 0.0616. The molecule has 1 heterocycles. The van der Waals surface area contributed by atoms with Gasteiger partial charge in [-0.25, -0.2) is 0 Å². The van der Waals surface area contributed by atoms with Gasteiger partial charge in [-0.15, -0.1) is 0 Å². The fraction of sp³-hybridized carbons (Fsp3) is 0.500. The largest absolute Gasteiger partial charge is 0.497 e. The van der Waals surface area contributed by atoms with Crippen LogP contribution < -0.4 is 10.5 Å². The van der Waals surface area contributed by atoms with Crippen LogP contribution in [0.3, 0.4) is 0 Å². The van der Waals surface area contributed by atoms with Gasteiger partial charge in [0, 0.05) is 18.3 Å². The summed E-state index contributed by atoms with van der Waals surface area (Å²) in [5.74, 6) is 1.01. The number of hydrogen-bond donors (Lipinski definition) is 1. The molecule has 1 aliphatic heterocycles. The van der Waals surface area contributed by atoms with Crippen molar-refractivity contribution in [3.8, 4) is 5.75 Å². The second-order valence-corrected chi connectivity index (χ2v) is 4.80. The second kappa shape index (κ2) is 5.40. The lowest BCUT2D eigenvalue weighted by atomic mass is 10.1. The maximum atomic E-state index is 11.5. The van der Waals surface area contributed by atoms with Crippen molar-refractivity contribution in [2.75, 3.05) is 19.4 Å². The molecule has 1 atom stereocenters. The number of methoxy groups -OCH3 is 1. The predicted octanol–water partition coefficient (Wildman–Crippen LogP) is 1.83. The monoisotopic (exact) mass is 248 g/mol. The van der Waals surface area contributed by atoms with E-state index in [1.54, 1.807) is 14.0 Å². The van der Waals surface area contributed by atoms with Crippen molar-refractivity contribution in [3.05, 3.63) is 23.8 Å². The number of benzene rings is 1. The van der Waals surface area contributed by atoms with Gasteiger partial charge in [-0.3, -0.25) is 9.69 Å². The van der Waals surface area contributed by atoms with Gasteiger partial charge in [-0.1, -0.05) is 6.07 Å². The highest BCUT2D eigenvalue weighted by Crippen LogP contribution is 2.25. The van der Waals surface area contributed by atoms with Gasteiger partial charge in [0.15, 0.2) is 0 Å². The third-order valence-corrected chi connectivity index (χ3v) is 3.56. The lowest BCUT2D eigenvalue weighted by molar-refractivity contribution is -0.121. The lowest BCUT2D eigenvalue weighted by Gasteiger charge is -2.23. The summed E-state index contributed by atoms with van der Waals surface area (Å²) >= 11 is 0. The summed E-state index contributed by atoms with van der Waals surface area (Å²) in [5.41, 5.74) is 7.79. The fourth-order valence-corrected chi connectivity index (χ4v) is 2.54. The molecule has 0 spiro atoms. The van der Waals surface area contributed by atoms with E-state index in [9.17, 15) is 4.79 Å². The molecule has 0 radical (unpaired) electrons. The molecule has 4 nitrogen and oxygen atoms in total. The number of carbonyl (C=O) groups is 1. The van der Waals surface area contributed by atoms with E-state index in [1.165, 1.54) is 0 Å². The normalized spacial score (nSPS) is 20.0. The molecule has 1 aromatic rings. The number of ether oxygens (including phenoxy) is 1. The average molecular weight is 248 g/mol. The minimum absolute atomic E-state index is 0.0616. The van der Waals surface area contributed by atoms with Crippen molar-refractivity contribution in [1.29, 1.82) is 0 Å². The van der Waals surface area contributed by atoms with Crippen molar-refractivity contribution in [2.45, 2.75) is 32.4 Å². The summed E-state index contributed by atoms with van der Waals surface area (Å²) in [6.45, 7) is 3.37. The van der Waals surface area contributed by atoms with Crippen LogP contribution in [0.15, 0.2) is 18.2 Å². The molecule has 0 bridgehead atoms. The summed E-state index contributed by atoms with van der Waals surface area (Å²) in [6.07, 6.45) is 2.05. The van der Waals surface area contributed by atoms with Gasteiger partial charge in [0.2, 0.25) is 0 Å². The molecule has 2 rings (SSSR count). The van der Waals surface area contributed by atoms with Gasteiger partial charge in [-0.05, 0) is 37.9 Å². The van der Waals surface area contributed by atoms with Gasteiger partial charge < -0.3 is 10.5 Å². The third kappa shape index (κ3) is 2.64. The van der Waals surface area contributed by atoms with Gasteiger partial charge in [0.25, 0.3) is 0 Å². The fourth-order valence-electron chi connectivity index (χ4n) is 2.54. The number of nitrogen functional groups attached to an aromatic ring is 1. The summed E-state index contributed by atoms with van der Waals surface area (Å²) in [6, 6.07) is 5.77. The van der Waals surface area contributed by atoms with E-state index in [-0.39, 0.29) is 11.8 Å². The van der Waals surface area contributed by atoms with E-state index in [2.05, 4.69) is 4.90 Å². The molecule has 1 saturated heterocycles. The Balaban J connectivity index is 2.11. The Labute approximate surface area is 108 Å². The zero-order valence-corrected chi connectivity index (χ0v) is 11.0. The molecule has 2 N–H and O–H groups in total. The SMILES string of the molecule is COc1ccc(CN2CCCC2C(C)=O)c(N)c1. The molecule has 18 heavy (non-hydrogen) atoms. The number of nitrogens with two attached hydrogens (primary N) is 1. The van der Waals surface area contributed by atoms with Crippen LogP contribution in [0.4, 0.5) is 5.69 Å². The van der Waals surface area contributed by atoms with Crippen LogP contribution >= 0.6 is 0 Å². The van der Waals surface area contributed by atoms with Gasteiger partial charge in [0.1, 0.15) is 11.5 Å². The van der Waals surface area contributed by atoms with Crippen LogP contribution in [0, 0.1) is 0 Å². The molecule has 98 valence electrons. The maximum absolute atomic E-state index is 11.5. The highest BCUT2D eigenvalue weighted by molar-refractivity contribution is 5.81. The first-order valence-electron chi connectivity index (χ1n) is 6.28. The van der Waals surface area contributed by atoms with Gasteiger partial charge >= 0.3 is 0 Å². The van der Waals surface area contributed by atoms with E-state index in [4.69, 9.17) is 10.5 Å². The van der Waals surface area contributed by atoms with Gasteiger partial charge in [0.05, 0.1) is 13.2 Å². The van der Waals surface area contributed by atoms with Crippen LogP contribution in [0.5, 0.6) is 5.75 Å². The van der Waals surface area contributed by atoms with Crippen molar-refractivity contribution in [3.63, 3.8) is 0 Å². The Morgan fingerprint density at radius 2 is 2.33 bits per heavy atom. The van der Waals surface area contributed by atoms with Crippen molar-refractivity contribution >= 4 is 11.5 Å². The summed E-state index contributed by atoms with van der Waals surface area (Å²) < 4.78 is 5.13. The molecule has 0 aliphatic carbocycles.